The molecule has 0 atom stereocenters. The maximum Gasteiger partial charge on any atom is 0.244 e. The molecule has 0 aliphatic heterocycles. The Labute approximate surface area is 121 Å². The number of sulfonamides is 1. The summed E-state index contributed by atoms with van der Waals surface area (Å²) >= 11 is 3.06. The number of hydrogen-bond donors (Lipinski definition) is 2. The van der Waals surface area contributed by atoms with E-state index in [2.05, 4.69) is 27.6 Å². The lowest BCUT2D eigenvalue weighted by molar-refractivity contribution is 0.245. The van der Waals surface area contributed by atoms with Gasteiger partial charge in [0.25, 0.3) is 0 Å². The van der Waals surface area contributed by atoms with Crippen molar-refractivity contribution < 1.29 is 17.9 Å². The van der Waals surface area contributed by atoms with Crippen molar-refractivity contribution in [3.8, 4) is 0 Å². The van der Waals surface area contributed by atoms with Crippen molar-refractivity contribution in [2.75, 3.05) is 6.54 Å². The minimum atomic E-state index is -3.61. The van der Waals surface area contributed by atoms with Crippen molar-refractivity contribution in [2.24, 2.45) is 5.41 Å². The Kier molecular flexibility index (Phi) is 4.39. The molecule has 0 unspecified atom stereocenters. The highest BCUT2D eigenvalue weighted by molar-refractivity contribution is 9.10. The van der Waals surface area contributed by atoms with Crippen LogP contribution in [0.4, 0.5) is 0 Å². The fourth-order valence-corrected chi connectivity index (χ4v) is 4.61. The third-order valence-electron chi connectivity index (χ3n) is 3.65. The van der Waals surface area contributed by atoms with Crippen LogP contribution in [0.3, 0.4) is 0 Å². The molecular formula is C12H18BrNO4S. The van der Waals surface area contributed by atoms with Gasteiger partial charge in [0, 0.05) is 12.6 Å². The van der Waals surface area contributed by atoms with Crippen molar-refractivity contribution in [3.63, 3.8) is 0 Å². The van der Waals surface area contributed by atoms with Gasteiger partial charge >= 0.3 is 0 Å². The van der Waals surface area contributed by atoms with Gasteiger partial charge in [0.2, 0.25) is 10.0 Å². The lowest BCUT2D eigenvalue weighted by Gasteiger charge is -2.23. The summed E-state index contributed by atoms with van der Waals surface area (Å²) in [4.78, 5) is 0.0400. The highest BCUT2D eigenvalue weighted by Crippen LogP contribution is 2.37. The topological polar surface area (TPSA) is 79.5 Å². The standard InChI is InChI=1S/C12H18BrNO4S/c1-12(4-2-3-5-12)8-14-19(16,17)10-6-9(7-15)18-11(10)13/h6,14-15H,2-5,7-8H2,1H3. The Morgan fingerprint density at radius 2 is 2.11 bits per heavy atom. The summed E-state index contributed by atoms with van der Waals surface area (Å²) < 4.78 is 32.3. The monoisotopic (exact) mass is 351 g/mol. The minimum absolute atomic E-state index is 0.0400. The zero-order valence-corrected chi connectivity index (χ0v) is 13.2. The van der Waals surface area contributed by atoms with E-state index in [1.807, 2.05) is 0 Å². The van der Waals surface area contributed by atoms with E-state index in [9.17, 15) is 8.42 Å². The van der Waals surface area contributed by atoms with E-state index >= 15 is 0 Å². The molecule has 7 heteroatoms. The molecule has 0 radical (unpaired) electrons. The number of nitrogens with one attached hydrogen (secondary N) is 1. The molecule has 19 heavy (non-hydrogen) atoms. The molecule has 0 amide bonds. The summed E-state index contributed by atoms with van der Waals surface area (Å²) in [5.41, 5.74) is 0.0447. The molecule has 1 saturated carbocycles. The lowest BCUT2D eigenvalue weighted by atomic mass is 9.89. The molecule has 108 valence electrons. The lowest BCUT2D eigenvalue weighted by Crippen LogP contribution is -2.34. The van der Waals surface area contributed by atoms with Crippen LogP contribution in [0, 0.1) is 5.41 Å². The molecular weight excluding hydrogens is 334 g/mol. The summed E-state index contributed by atoms with van der Waals surface area (Å²) in [5.74, 6) is 0.222. The van der Waals surface area contributed by atoms with Gasteiger partial charge in [0.1, 0.15) is 17.3 Å². The Hall–Kier alpha value is -0.370. The summed E-state index contributed by atoms with van der Waals surface area (Å²) in [6.45, 7) is 2.21. The van der Waals surface area contributed by atoms with Gasteiger partial charge in [0.05, 0.1) is 0 Å². The number of furan rings is 1. The minimum Gasteiger partial charge on any atom is -0.450 e. The summed E-state index contributed by atoms with van der Waals surface area (Å²) in [6.07, 6.45) is 4.40. The molecule has 0 spiro atoms. The Morgan fingerprint density at radius 3 is 2.63 bits per heavy atom. The van der Waals surface area contributed by atoms with E-state index in [1.165, 1.54) is 6.07 Å². The van der Waals surface area contributed by atoms with Crippen LogP contribution in [-0.4, -0.2) is 20.1 Å². The maximum atomic E-state index is 12.2. The molecule has 1 aromatic heterocycles. The normalized spacial score (nSPS) is 18.9. The van der Waals surface area contributed by atoms with Gasteiger partial charge in [-0.3, -0.25) is 0 Å². The fourth-order valence-electron chi connectivity index (χ4n) is 2.41. The second-order valence-electron chi connectivity index (χ2n) is 5.35. The van der Waals surface area contributed by atoms with Gasteiger partial charge in [-0.05, 0) is 34.2 Å². The number of aliphatic hydroxyl groups is 1. The van der Waals surface area contributed by atoms with Gasteiger partial charge in [-0.15, -0.1) is 0 Å². The Balaban J connectivity index is 2.11. The second-order valence-corrected chi connectivity index (χ2v) is 7.81. The molecule has 5 nitrogen and oxygen atoms in total. The number of halogens is 1. The highest BCUT2D eigenvalue weighted by Gasteiger charge is 2.31. The molecule has 1 aliphatic carbocycles. The number of hydrogen-bond acceptors (Lipinski definition) is 4. The quantitative estimate of drug-likeness (QED) is 0.853. The van der Waals surface area contributed by atoms with E-state index in [4.69, 9.17) is 9.52 Å². The Morgan fingerprint density at radius 1 is 1.47 bits per heavy atom. The molecule has 2 N–H and O–H groups in total. The number of rotatable bonds is 5. The van der Waals surface area contributed by atoms with Crippen LogP contribution >= 0.6 is 15.9 Å². The van der Waals surface area contributed by atoms with E-state index in [0.717, 1.165) is 25.7 Å². The van der Waals surface area contributed by atoms with E-state index < -0.39 is 10.0 Å². The fraction of sp³-hybridized carbons (Fsp3) is 0.667. The maximum absolute atomic E-state index is 12.2. The Bertz CT molecular complexity index is 546. The molecule has 1 aromatic rings. The molecule has 0 bridgehead atoms. The third-order valence-corrected chi connectivity index (χ3v) is 5.91. The van der Waals surface area contributed by atoms with E-state index in [1.54, 1.807) is 0 Å². The predicted octanol–water partition coefficient (Wildman–Crippen LogP) is 2.39. The van der Waals surface area contributed by atoms with Crippen LogP contribution < -0.4 is 4.72 Å². The van der Waals surface area contributed by atoms with Crippen LogP contribution in [-0.2, 0) is 16.6 Å². The zero-order valence-electron chi connectivity index (χ0n) is 10.8. The van der Waals surface area contributed by atoms with Crippen LogP contribution in [0.5, 0.6) is 0 Å². The highest BCUT2D eigenvalue weighted by atomic mass is 79.9. The van der Waals surface area contributed by atoms with Gasteiger partial charge < -0.3 is 9.52 Å². The average Bonchev–Trinajstić information content (AvgIpc) is 2.94. The first-order valence-electron chi connectivity index (χ1n) is 6.25. The molecule has 2 rings (SSSR count). The third kappa shape index (κ3) is 3.39. The predicted molar refractivity (Wildman–Crippen MR) is 74.1 cm³/mol. The zero-order chi connectivity index (χ0) is 14.1. The van der Waals surface area contributed by atoms with Crippen molar-refractivity contribution in [3.05, 3.63) is 16.5 Å². The molecule has 1 aliphatic rings. The van der Waals surface area contributed by atoms with Gasteiger partial charge in [-0.2, -0.15) is 0 Å². The van der Waals surface area contributed by atoms with Crippen LogP contribution in [0.2, 0.25) is 0 Å². The molecule has 0 saturated heterocycles. The van der Waals surface area contributed by atoms with Gasteiger partial charge in [-0.25, -0.2) is 13.1 Å². The first-order valence-corrected chi connectivity index (χ1v) is 8.53. The van der Waals surface area contributed by atoms with E-state index in [0.29, 0.717) is 6.54 Å². The smallest absolute Gasteiger partial charge is 0.244 e. The van der Waals surface area contributed by atoms with Crippen molar-refractivity contribution >= 4 is 26.0 Å². The van der Waals surface area contributed by atoms with Crippen LogP contribution in [0.25, 0.3) is 0 Å². The first kappa shape index (κ1) is 15.0. The van der Waals surface area contributed by atoms with Gasteiger partial charge in [-0.1, -0.05) is 19.8 Å². The summed E-state index contributed by atoms with van der Waals surface area (Å²) in [7, 11) is -3.61. The molecule has 1 heterocycles. The second kappa shape index (κ2) is 5.55. The van der Waals surface area contributed by atoms with E-state index in [-0.39, 0.29) is 27.3 Å². The van der Waals surface area contributed by atoms with Gasteiger partial charge in [0.15, 0.2) is 4.67 Å². The van der Waals surface area contributed by atoms with Crippen LogP contribution in [0.15, 0.2) is 20.0 Å². The summed E-state index contributed by atoms with van der Waals surface area (Å²) in [5, 5.41) is 8.95. The number of aliphatic hydroxyl groups excluding tert-OH is 1. The van der Waals surface area contributed by atoms with Crippen LogP contribution in [0.1, 0.15) is 38.4 Å². The van der Waals surface area contributed by atoms with Crippen molar-refractivity contribution in [1.29, 1.82) is 0 Å². The van der Waals surface area contributed by atoms with Crippen molar-refractivity contribution in [2.45, 2.75) is 44.1 Å². The van der Waals surface area contributed by atoms with Crippen molar-refractivity contribution in [1.82, 2.24) is 4.72 Å². The average molecular weight is 352 g/mol. The molecule has 0 aromatic carbocycles. The summed E-state index contributed by atoms with van der Waals surface area (Å²) in [6, 6.07) is 1.34. The largest absolute Gasteiger partial charge is 0.450 e. The first-order chi connectivity index (χ1) is 8.86. The SMILES string of the molecule is CC1(CNS(=O)(=O)c2cc(CO)oc2Br)CCCC1. The molecule has 1 fully saturated rings.